The molecule has 3 aromatic heterocycles. The van der Waals surface area contributed by atoms with Gasteiger partial charge in [0.1, 0.15) is 17.5 Å². The molecule has 5 rings (SSSR count). The molecule has 1 saturated heterocycles. The Hall–Kier alpha value is -3.69. The monoisotopic (exact) mass is 437 g/mol. The number of hydrogen-bond acceptors (Lipinski definition) is 6. The van der Waals surface area contributed by atoms with Gasteiger partial charge in [0.2, 0.25) is 0 Å². The van der Waals surface area contributed by atoms with Gasteiger partial charge >= 0.3 is 6.03 Å². The topological polar surface area (TPSA) is 95.9 Å². The van der Waals surface area contributed by atoms with Crippen molar-refractivity contribution in [2.75, 3.05) is 23.7 Å². The van der Waals surface area contributed by atoms with E-state index in [0.717, 1.165) is 34.7 Å². The Morgan fingerprint density at radius 1 is 1.06 bits per heavy atom. The standard InChI is InChI=1S/C22H21F2N7O/c1-13-17(28-21(32)31-11-22(23,24)12-31)8-16(10-27-13)15-4-6-25-19(9-15)29-18-5-7-26-20(30-18)14-2-3-14/h4-10,14H,2-3,11-12H2,1H3,(H,28,32)(H,25,26,29,30). The summed E-state index contributed by atoms with van der Waals surface area (Å²) in [5, 5.41) is 5.88. The molecular formula is C22H21F2N7O. The number of anilines is 3. The van der Waals surface area contributed by atoms with Crippen LogP contribution in [0.25, 0.3) is 11.1 Å². The largest absolute Gasteiger partial charge is 0.325 e. The summed E-state index contributed by atoms with van der Waals surface area (Å²) in [6.45, 7) is 0.599. The zero-order chi connectivity index (χ0) is 22.3. The Morgan fingerprint density at radius 2 is 1.84 bits per heavy atom. The van der Waals surface area contributed by atoms with E-state index in [2.05, 4.69) is 30.6 Å². The second kappa shape index (κ2) is 7.77. The summed E-state index contributed by atoms with van der Waals surface area (Å²) in [4.78, 5) is 30.9. The summed E-state index contributed by atoms with van der Waals surface area (Å²) in [6.07, 6.45) is 7.34. The predicted molar refractivity (Wildman–Crippen MR) is 115 cm³/mol. The number of alkyl halides is 2. The Bertz CT molecular complexity index is 1170. The molecule has 10 heteroatoms. The Kier molecular flexibility index (Phi) is 4.91. The molecule has 8 nitrogen and oxygen atoms in total. The summed E-state index contributed by atoms with van der Waals surface area (Å²) in [5.74, 6) is -0.236. The van der Waals surface area contributed by atoms with Crippen molar-refractivity contribution in [3.8, 4) is 11.1 Å². The smallest absolute Gasteiger partial charge is 0.322 e. The van der Waals surface area contributed by atoms with E-state index in [9.17, 15) is 13.6 Å². The van der Waals surface area contributed by atoms with Crippen molar-refractivity contribution < 1.29 is 13.6 Å². The molecule has 0 bridgehead atoms. The van der Waals surface area contributed by atoms with Gasteiger partial charge < -0.3 is 15.5 Å². The number of nitrogens with zero attached hydrogens (tertiary/aromatic N) is 5. The summed E-state index contributed by atoms with van der Waals surface area (Å²) in [5.41, 5.74) is 2.65. The molecule has 0 atom stereocenters. The lowest BCUT2D eigenvalue weighted by Gasteiger charge is -2.38. The maximum Gasteiger partial charge on any atom is 0.322 e. The average molecular weight is 437 g/mol. The fourth-order valence-corrected chi connectivity index (χ4v) is 3.46. The van der Waals surface area contributed by atoms with Crippen LogP contribution in [0.1, 0.15) is 30.3 Å². The fraction of sp³-hybridized carbons (Fsp3) is 0.318. The molecule has 32 heavy (non-hydrogen) atoms. The molecule has 2 aliphatic rings. The highest BCUT2D eigenvalue weighted by Crippen LogP contribution is 2.38. The second-order valence-corrected chi connectivity index (χ2v) is 8.13. The first-order chi connectivity index (χ1) is 15.4. The van der Waals surface area contributed by atoms with E-state index in [0.29, 0.717) is 28.9 Å². The predicted octanol–water partition coefficient (Wildman–Crippen LogP) is 4.35. The Labute approximate surface area is 183 Å². The molecule has 0 radical (unpaired) electrons. The number of amides is 2. The number of hydrogen-bond donors (Lipinski definition) is 2. The SMILES string of the molecule is Cc1ncc(-c2ccnc(Nc3ccnc(C4CC4)n3)c2)cc1NC(=O)N1CC(F)(F)C1. The van der Waals surface area contributed by atoms with E-state index < -0.39 is 25.0 Å². The van der Waals surface area contributed by atoms with Gasteiger partial charge in [-0.2, -0.15) is 0 Å². The summed E-state index contributed by atoms with van der Waals surface area (Å²) in [6, 6.07) is 6.68. The number of urea groups is 1. The van der Waals surface area contributed by atoms with Gasteiger partial charge in [-0.3, -0.25) is 4.98 Å². The number of nitrogens with one attached hydrogen (secondary N) is 2. The summed E-state index contributed by atoms with van der Waals surface area (Å²) < 4.78 is 26.1. The van der Waals surface area contributed by atoms with E-state index in [1.807, 2.05) is 12.1 Å². The van der Waals surface area contributed by atoms with Crippen molar-refractivity contribution in [3.63, 3.8) is 0 Å². The highest BCUT2D eigenvalue weighted by Gasteiger charge is 2.46. The molecule has 4 heterocycles. The lowest BCUT2D eigenvalue weighted by Crippen LogP contribution is -2.59. The normalized spacial score (nSPS) is 16.9. The van der Waals surface area contributed by atoms with E-state index >= 15 is 0 Å². The van der Waals surface area contributed by atoms with Crippen LogP contribution >= 0.6 is 0 Å². The molecule has 0 aromatic carbocycles. The van der Waals surface area contributed by atoms with Crippen molar-refractivity contribution in [2.45, 2.75) is 31.6 Å². The second-order valence-electron chi connectivity index (χ2n) is 8.13. The number of rotatable bonds is 5. The van der Waals surface area contributed by atoms with Crippen molar-refractivity contribution >= 4 is 23.4 Å². The minimum absolute atomic E-state index is 0.450. The lowest BCUT2D eigenvalue weighted by molar-refractivity contribution is -0.107. The van der Waals surface area contributed by atoms with Gasteiger partial charge in [-0.1, -0.05) is 0 Å². The first-order valence-electron chi connectivity index (χ1n) is 10.3. The molecule has 3 aromatic rings. The molecule has 2 amide bonds. The van der Waals surface area contributed by atoms with Crippen molar-refractivity contribution in [1.82, 2.24) is 24.8 Å². The van der Waals surface area contributed by atoms with Crippen molar-refractivity contribution in [1.29, 1.82) is 0 Å². The maximum absolute atomic E-state index is 13.1. The fourth-order valence-electron chi connectivity index (χ4n) is 3.46. The van der Waals surface area contributed by atoms with Gasteiger partial charge in [0.25, 0.3) is 5.92 Å². The van der Waals surface area contributed by atoms with Crippen LogP contribution in [0.15, 0.2) is 42.9 Å². The number of carbonyl (C=O) groups is 1. The molecule has 0 spiro atoms. The lowest BCUT2D eigenvalue weighted by atomic mass is 10.1. The molecule has 2 N–H and O–H groups in total. The van der Waals surface area contributed by atoms with E-state index in [1.165, 1.54) is 0 Å². The third kappa shape index (κ3) is 4.34. The molecule has 1 aliphatic carbocycles. The number of halogens is 2. The van der Waals surface area contributed by atoms with Gasteiger partial charge in [0.05, 0.1) is 24.5 Å². The Balaban J connectivity index is 1.33. The van der Waals surface area contributed by atoms with Crippen LogP contribution in [0.3, 0.4) is 0 Å². The first kappa shape index (κ1) is 20.2. The third-order valence-electron chi connectivity index (χ3n) is 5.43. The molecule has 1 aliphatic heterocycles. The van der Waals surface area contributed by atoms with Crippen LogP contribution in [0, 0.1) is 6.92 Å². The van der Waals surface area contributed by atoms with Crippen molar-refractivity contribution in [2.24, 2.45) is 0 Å². The zero-order valence-corrected chi connectivity index (χ0v) is 17.3. The minimum Gasteiger partial charge on any atom is -0.325 e. The Morgan fingerprint density at radius 3 is 2.59 bits per heavy atom. The van der Waals surface area contributed by atoms with Gasteiger partial charge in [-0.25, -0.2) is 28.5 Å². The van der Waals surface area contributed by atoms with E-state index in [-0.39, 0.29) is 0 Å². The van der Waals surface area contributed by atoms with Crippen LogP contribution in [-0.4, -0.2) is 49.9 Å². The zero-order valence-electron chi connectivity index (χ0n) is 17.3. The van der Waals surface area contributed by atoms with Crippen LogP contribution in [-0.2, 0) is 0 Å². The van der Waals surface area contributed by atoms with Crippen LogP contribution in [0.4, 0.5) is 30.9 Å². The van der Waals surface area contributed by atoms with Gasteiger partial charge in [-0.05, 0) is 49.6 Å². The number of likely N-dealkylation sites (tertiary alicyclic amines) is 1. The maximum atomic E-state index is 13.1. The summed E-state index contributed by atoms with van der Waals surface area (Å²) >= 11 is 0. The molecule has 2 fully saturated rings. The number of carbonyl (C=O) groups excluding carboxylic acids is 1. The van der Waals surface area contributed by atoms with Crippen LogP contribution in [0.2, 0.25) is 0 Å². The summed E-state index contributed by atoms with van der Waals surface area (Å²) in [7, 11) is 0. The highest BCUT2D eigenvalue weighted by molar-refractivity contribution is 5.91. The number of aromatic nitrogens is 4. The first-order valence-corrected chi connectivity index (χ1v) is 10.3. The van der Waals surface area contributed by atoms with Gasteiger partial charge in [0.15, 0.2) is 0 Å². The molecule has 164 valence electrons. The third-order valence-corrected chi connectivity index (χ3v) is 5.43. The van der Waals surface area contributed by atoms with Crippen molar-refractivity contribution in [3.05, 3.63) is 54.4 Å². The quantitative estimate of drug-likeness (QED) is 0.616. The molecule has 0 unspecified atom stereocenters. The average Bonchev–Trinajstić information content (AvgIpc) is 3.59. The molecular weight excluding hydrogens is 416 g/mol. The number of pyridine rings is 2. The van der Waals surface area contributed by atoms with Crippen LogP contribution < -0.4 is 10.6 Å². The van der Waals surface area contributed by atoms with Gasteiger partial charge in [-0.15, -0.1) is 0 Å². The van der Waals surface area contributed by atoms with Crippen LogP contribution in [0.5, 0.6) is 0 Å². The number of aryl methyl sites for hydroxylation is 1. The highest BCUT2D eigenvalue weighted by atomic mass is 19.3. The molecule has 1 saturated carbocycles. The van der Waals surface area contributed by atoms with E-state index in [4.69, 9.17) is 0 Å². The van der Waals surface area contributed by atoms with E-state index in [1.54, 1.807) is 37.6 Å². The van der Waals surface area contributed by atoms with Gasteiger partial charge in [0, 0.05) is 30.1 Å². The minimum atomic E-state index is -2.81.